The molecule has 0 unspecified atom stereocenters. The minimum atomic E-state index is -1.18. The van der Waals surface area contributed by atoms with Crippen molar-refractivity contribution in [3.8, 4) is 5.75 Å². The van der Waals surface area contributed by atoms with Crippen molar-refractivity contribution in [1.82, 2.24) is 0 Å². The molecule has 2 aromatic rings. The molecular formula is C18H17N3O5. The molecule has 0 aliphatic heterocycles. The third kappa shape index (κ3) is 4.44. The fourth-order valence-electron chi connectivity index (χ4n) is 2.06. The van der Waals surface area contributed by atoms with Crippen LogP contribution in [0.2, 0.25) is 0 Å². The Bertz CT molecular complexity index is 886. The molecule has 0 bridgehead atoms. The number of para-hydroxylation sites is 2. The Hall–Kier alpha value is -3.68. The van der Waals surface area contributed by atoms with Gasteiger partial charge in [-0.2, -0.15) is 0 Å². The number of aromatic carboxylic acids is 1. The summed E-state index contributed by atoms with van der Waals surface area (Å²) in [6.45, 7) is 1.28. The van der Waals surface area contributed by atoms with Crippen LogP contribution in [-0.2, 0) is 4.79 Å². The van der Waals surface area contributed by atoms with Gasteiger partial charge in [-0.3, -0.25) is 4.79 Å². The molecule has 0 saturated heterocycles. The lowest BCUT2D eigenvalue weighted by molar-refractivity contribution is -0.113. The summed E-state index contributed by atoms with van der Waals surface area (Å²) in [7, 11) is 1.46. The largest absolute Gasteiger partial charge is 0.510 e. The summed E-state index contributed by atoms with van der Waals surface area (Å²) in [5.41, 5.74) is 0.0242. The van der Waals surface area contributed by atoms with Gasteiger partial charge >= 0.3 is 5.97 Å². The fourth-order valence-corrected chi connectivity index (χ4v) is 2.06. The average Bonchev–Trinajstić information content (AvgIpc) is 2.62. The first kappa shape index (κ1) is 18.7. The lowest BCUT2D eigenvalue weighted by Crippen LogP contribution is -2.15. The van der Waals surface area contributed by atoms with E-state index in [0.29, 0.717) is 11.4 Å². The number of allylic oxidation sites excluding steroid dienone is 1. The molecule has 0 spiro atoms. The van der Waals surface area contributed by atoms with E-state index < -0.39 is 11.9 Å². The number of rotatable bonds is 6. The molecule has 8 nitrogen and oxygen atoms in total. The van der Waals surface area contributed by atoms with Crippen LogP contribution in [0.25, 0.3) is 0 Å². The summed E-state index contributed by atoms with van der Waals surface area (Å²) in [6, 6.07) is 12.7. The Morgan fingerprint density at radius 2 is 1.69 bits per heavy atom. The Labute approximate surface area is 149 Å². The van der Waals surface area contributed by atoms with Crippen LogP contribution < -0.4 is 10.1 Å². The van der Waals surface area contributed by atoms with Crippen molar-refractivity contribution in [2.75, 3.05) is 12.4 Å². The molecule has 8 heteroatoms. The van der Waals surface area contributed by atoms with Crippen LogP contribution in [0.15, 0.2) is 70.2 Å². The molecular weight excluding hydrogens is 338 g/mol. The summed E-state index contributed by atoms with van der Waals surface area (Å²) in [5, 5.41) is 29.0. The second-order valence-electron chi connectivity index (χ2n) is 5.11. The molecule has 2 rings (SSSR count). The van der Waals surface area contributed by atoms with Crippen LogP contribution in [-0.4, -0.2) is 29.2 Å². The topological polar surface area (TPSA) is 121 Å². The van der Waals surface area contributed by atoms with Gasteiger partial charge in [-0.05, 0) is 31.2 Å². The monoisotopic (exact) mass is 355 g/mol. The van der Waals surface area contributed by atoms with Gasteiger partial charge < -0.3 is 20.3 Å². The van der Waals surface area contributed by atoms with Crippen LogP contribution in [0.4, 0.5) is 11.4 Å². The third-order valence-corrected chi connectivity index (χ3v) is 3.31. The van der Waals surface area contributed by atoms with E-state index in [1.165, 1.54) is 26.2 Å². The number of aliphatic hydroxyl groups excluding tert-OH is 1. The predicted octanol–water partition coefficient (Wildman–Crippen LogP) is 3.91. The van der Waals surface area contributed by atoms with Crippen molar-refractivity contribution in [3.05, 3.63) is 65.6 Å². The number of carboxylic acids is 1. The van der Waals surface area contributed by atoms with Crippen molar-refractivity contribution in [2.45, 2.75) is 6.92 Å². The first-order chi connectivity index (χ1) is 12.4. The van der Waals surface area contributed by atoms with Gasteiger partial charge in [0, 0.05) is 0 Å². The maximum atomic E-state index is 12.4. The SMILES string of the molecule is COc1ccccc1NC(=O)/C(N=Nc1ccccc1C(=O)O)=C(\C)O. The number of nitrogens with zero attached hydrogens (tertiary/aromatic N) is 2. The minimum Gasteiger partial charge on any atom is -0.510 e. The van der Waals surface area contributed by atoms with Crippen LogP contribution in [0.3, 0.4) is 0 Å². The number of amides is 1. The normalized spacial score (nSPS) is 11.8. The van der Waals surface area contributed by atoms with Gasteiger partial charge in [0.25, 0.3) is 5.91 Å². The zero-order chi connectivity index (χ0) is 19.1. The summed E-state index contributed by atoms with van der Waals surface area (Å²) < 4.78 is 5.15. The number of methoxy groups -OCH3 is 1. The highest BCUT2D eigenvalue weighted by Crippen LogP contribution is 2.25. The van der Waals surface area contributed by atoms with E-state index >= 15 is 0 Å². The Kier molecular flexibility index (Phi) is 6.05. The number of carboxylic acid groups (broad SMARTS) is 1. The Balaban J connectivity index is 2.29. The molecule has 0 atom stereocenters. The number of nitrogens with one attached hydrogen (secondary N) is 1. The predicted molar refractivity (Wildman–Crippen MR) is 94.9 cm³/mol. The van der Waals surface area contributed by atoms with Gasteiger partial charge in [0.05, 0.1) is 18.4 Å². The van der Waals surface area contributed by atoms with E-state index in [-0.39, 0.29) is 22.7 Å². The van der Waals surface area contributed by atoms with Crippen molar-refractivity contribution < 1.29 is 24.5 Å². The van der Waals surface area contributed by atoms with Gasteiger partial charge in [-0.15, -0.1) is 10.2 Å². The highest BCUT2D eigenvalue weighted by atomic mass is 16.5. The Morgan fingerprint density at radius 1 is 1.04 bits per heavy atom. The number of benzene rings is 2. The second-order valence-corrected chi connectivity index (χ2v) is 5.11. The zero-order valence-corrected chi connectivity index (χ0v) is 14.1. The molecule has 2 aromatic carbocycles. The van der Waals surface area contributed by atoms with E-state index in [0.717, 1.165) is 0 Å². The quantitative estimate of drug-likeness (QED) is 0.412. The average molecular weight is 355 g/mol. The standard InChI is InChI=1S/C18H17N3O5/c1-11(22)16(17(23)19-14-9-5-6-10-15(14)26-2)21-20-13-8-4-3-7-12(13)18(24)25/h3-10,22H,1-2H3,(H,19,23)(H,24,25)/b16-11-,21-20?. The molecule has 0 aliphatic carbocycles. The summed E-state index contributed by atoms with van der Waals surface area (Å²) in [6.07, 6.45) is 0. The van der Waals surface area contributed by atoms with Gasteiger partial charge in [-0.1, -0.05) is 24.3 Å². The van der Waals surface area contributed by atoms with Crippen molar-refractivity contribution in [1.29, 1.82) is 0 Å². The van der Waals surface area contributed by atoms with Crippen molar-refractivity contribution in [2.24, 2.45) is 10.2 Å². The lowest BCUT2D eigenvalue weighted by Gasteiger charge is -2.10. The number of hydrogen-bond acceptors (Lipinski definition) is 6. The van der Waals surface area contributed by atoms with Crippen LogP contribution >= 0.6 is 0 Å². The molecule has 134 valence electrons. The molecule has 0 radical (unpaired) electrons. The number of aliphatic hydroxyl groups is 1. The van der Waals surface area contributed by atoms with E-state index in [9.17, 15) is 14.7 Å². The van der Waals surface area contributed by atoms with Gasteiger partial charge in [0.1, 0.15) is 17.2 Å². The molecule has 3 N–H and O–H groups in total. The molecule has 0 aliphatic rings. The number of carbonyl (C=O) groups excluding carboxylic acids is 1. The molecule has 0 fully saturated rings. The van der Waals surface area contributed by atoms with Gasteiger partial charge in [0.2, 0.25) is 0 Å². The van der Waals surface area contributed by atoms with Gasteiger partial charge in [0.15, 0.2) is 5.70 Å². The van der Waals surface area contributed by atoms with Crippen molar-refractivity contribution >= 4 is 23.3 Å². The number of ether oxygens (including phenoxy) is 1. The Morgan fingerprint density at radius 3 is 2.35 bits per heavy atom. The zero-order valence-electron chi connectivity index (χ0n) is 14.1. The second kappa shape index (κ2) is 8.43. The lowest BCUT2D eigenvalue weighted by atomic mass is 10.2. The van der Waals surface area contributed by atoms with Crippen LogP contribution in [0.1, 0.15) is 17.3 Å². The first-order valence-corrected chi connectivity index (χ1v) is 7.52. The molecule has 0 saturated carbocycles. The number of anilines is 1. The molecule has 0 heterocycles. The summed E-state index contributed by atoms with van der Waals surface area (Å²) >= 11 is 0. The smallest absolute Gasteiger partial charge is 0.337 e. The number of azo groups is 1. The van der Waals surface area contributed by atoms with Gasteiger partial charge in [-0.25, -0.2) is 4.79 Å². The number of carbonyl (C=O) groups is 2. The van der Waals surface area contributed by atoms with E-state index in [2.05, 4.69) is 15.5 Å². The van der Waals surface area contributed by atoms with Crippen LogP contribution in [0, 0.1) is 0 Å². The number of hydrogen-bond donors (Lipinski definition) is 3. The fraction of sp³-hybridized carbons (Fsp3) is 0.111. The maximum absolute atomic E-state index is 12.4. The molecule has 0 aromatic heterocycles. The highest BCUT2D eigenvalue weighted by molar-refractivity contribution is 6.04. The summed E-state index contributed by atoms with van der Waals surface area (Å²) in [4.78, 5) is 23.6. The van der Waals surface area contributed by atoms with E-state index in [1.807, 2.05) is 0 Å². The molecule has 26 heavy (non-hydrogen) atoms. The minimum absolute atomic E-state index is 0.0591. The maximum Gasteiger partial charge on any atom is 0.337 e. The van der Waals surface area contributed by atoms with E-state index in [1.54, 1.807) is 36.4 Å². The summed E-state index contributed by atoms with van der Waals surface area (Å²) in [5.74, 6) is -1.83. The van der Waals surface area contributed by atoms with Crippen LogP contribution in [0.5, 0.6) is 5.75 Å². The highest BCUT2D eigenvalue weighted by Gasteiger charge is 2.16. The third-order valence-electron chi connectivity index (χ3n) is 3.31. The first-order valence-electron chi connectivity index (χ1n) is 7.52. The van der Waals surface area contributed by atoms with Crippen molar-refractivity contribution in [3.63, 3.8) is 0 Å². The molecule has 1 amide bonds. The van der Waals surface area contributed by atoms with E-state index in [4.69, 9.17) is 9.84 Å².